The second-order valence-electron chi connectivity index (χ2n) is 13.3. The maximum atomic E-state index is 6.20. The minimum absolute atomic E-state index is 0.450. The molecule has 0 aromatic heterocycles. The van der Waals surface area contributed by atoms with Gasteiger partial charge in [0.15, 0.2) is 0 Å². The summed E-state index contributed by atoms with van der Waals surface area (Å²) in [7, 11) is 0. The highest BCUT2D eigenvalue weighted by atomic mass is 16.5. The van der Waals surface area contributed by atoms with Crippen LogP contribution in [0.2, 0.25) is 0 Å². The van der Waals surface area contributed by atoms with Crippen LogP contribution in [-0.2, 0) is 4.74 Å². The van der Waals surface area contributed by atoms with E-state index in [0.717, 1.165) is 54.5 Å². The maximum absolute atomic E-state index is 6.20. The highest BCUT2D eigenvalue weighted by molar-refractivity contribution is 5.25. The lowest BCUT2D eigenvalue weighted by Gasteiger charge is -2.58. The van der Waals surface area contributed by atoms with Gasteiger partial charge in [0.25, 0.3) is 0 Å². The Morgan fingerprint density at radius 2 is 1.79 bits per heavy atom. The summed E-state index contributed by atoms with van der Waals surface area (Å²) in [5.74, 6) is 5.87. The quantitative estimate of drug-likeness (QED) is 0.332. The molecule has 0 N–H and O–H groups in total. The van der Waals surface area contributed by atoms with Crippen molar-refractivity contribution in [1.82, 2.24) is 0 Å². The molecule has 0 heterocycles. The summed E-state index contributed by atoms with van der Waals surface area (Å²) in [6.07, 6.45) is 21.8. The van der Waals surface area contributed by atoms with Gasteiger partial charge in [-0.25, -0.2) is 0 Å². The van der Waals surface area contributed by atoms with Gasteiger partial charge in [0, 0.05) is 6.61 Å². The second-order valence-corrected chi connectivity index (χ2v) is 13.3. The third-order valence-electron chi connectivity index (χ3n) is 11.3. The number of rotatable bonds is 8. The third-order valence-corrected chi connectivity index (χ3v) is 11.3. The Morgan fingerprint density at radius 1 is 1.00 bits per heavy atom. The number of hydrogen-bond donors (Lipinski definition) is 0. The van der Waals surface area contributed by atoms with Gasteiger partial charge in [0.05, 0.1) is 6.10 Å². The first-order valence-corrected chi connectivity index (χ1v) is 14.7. The van der Waals surface area contributed by atoms with Gasteiger partial charge >= 0.3 is 0 Å². The second kappa shape index (κ2) is 10.2. The van der Waals surface area contributed by atoms with E-state index in [9.17, 15) is 0 Å². The monoisotopic (exact) mass is 454 g/mol. The zero-order valence-corrected chi connectivity index (χ0v) is 23.0. The largest absolute Gasteiger partial charge is 0.378 e. The molecule has 0 aliphatic heterocycles. The summed E-state index contributed by atoms with van der Waals surface area (Å²) in [4.78, 5) is 0. The predicted octanol–water partition coefficient (Wildman–Crippen LogP) is 9.24. The van der Waals surface area contributed by atoms with Crippen LogP contribution in [0.25, 0.3) is 0 Å². The molecule has 4 aliphatic rings. The van der Waals surface area contributed by atoms with Crippen molar-refractivity contribution in [3.63, 3.8) is 0 Å². The van der Waals surface area contributed by atoms with Gasteiger partial charge in [-0.2, -0.15) is 0 Å². The minimum atomic E-state index is 0.450. The predicted molar refractivity (Wildman–Crippen MR) is 142 cm³/mol. The van der Waals surface area contributed by atoms with Crippen LogP contribution in [0.5, 0.6) is 0 Å². The fourth-order valence-electron chi connectivity index (χ4n) is 9.24. The Kier molecular flexibility index (Phi) is 7.89. The van der Waals surface area contributed by atoms with E-state index >= 15 is 0 Å². The molecule has 3 saturated carbocycles. The molecule has 0 radical (unpaired) electrons. The van der Waals surface area contributed by atoms with Crippen molar-refractivity contribution in [2.24, 2.45) is 52.3 Å². The zero-order chi connectivity index (χ0) is 23.8. The smallest absolute Gasteiger partial charge is 0.0612 e. The SMILES string of the molecule is CCCO[C@H]1CC[C@@]2(C)C(=CC[C@H]3[C@@H]4CC[C@H]([C@@H](C)/C=C/[C@@H](CC)C(C)C)[C@@]4(C)CC[C@@H]32)C1. The average molecular weight is 455 g/mol. The Hall–Kier alpha value is -0.560. The Balaban J connectivity index is 1.48. The van der Waals surface area contributed by atoms with Gasteiger partial charge in [-0.15, -0.1) is 0 Å². The molecule has 0 aromatic rings. The van der Waals surface area contributed by atoms with Crippen LogP contribution in [-0.4, -0.2) is 12.7 Å². The molecule has 188 valence electrons. The standard InChI is InChI=1S/C32H54O/c1-8-20-33-26-16-18-31(6)25(21-26)12-13-27-29-15-14-28(32(29,7)19-17-30(27)31)23(5)10-11-24(9-2)22(3)4/h10-12,22-24,26-30H,8-9,13-21H2,1-7H3/b11-10+/t23-,24+,26-,27-,28+,29-,30-,31-,32+/m0/s1. The van der Waals surface area contributed by atoms with E-state index in [0.29, 0.717) is 16.9 Å². The molecular formula is C32H54O. The molecule has 0 saturated heterocycles. The van der Waals surface area contributed by atoms with Gasteiger partial charge in [-0.05, 0) is 116 Å². The van der Waals surface area contributed by atoms with E-state index < -0.39 is 0 Å². The molecule has 33 heavy (non-hydrogen) atoms. The normalized spacial score (nSPS) is 42.5. The fourth-order valence-corrected chi connectivity index (χ4v) is 9.24. The summed E-state index contributed by atoms with van der Waals surface area (Å²) >= 11 is 0. The van der Waals surface area contributed by atoms with Crippen molar-refractivity contribution in [1.29, 1.82) is 0 Å². The first kappa shape index (κ1) is 25.5. The lowest BCUT2D eigenvalue weighted by Crippen LogP contribution is -2.50. The van der Waals surface area contributed by atoms with Gasteiger partial charge in [-0.3, -0.25) is 0 Å². The highest BCUT2D eigenvalue weighted by Gasteiger charge is 2.59. The molecule has 4 aliphatic carbocycles. The van der Waals surface area contributed by atoms with E-state index in [1.54, 1.807) is 5.57 Å². The summed E-state index contributed by atoms with van der Waals surface area (Å²) in [6.45, 7) is 18.2. The lowest BCUT2D eigenvalue weighted by molar-refractivity contribution is -0.0612. The highest BCUT2D eigenvalue weighted by Crippen LogP contribution is 2.67. The van der Waals surface area contributed by atoms with Gasteiger partial charge in [0.1, 0.15) is 0 Å². The van der Waals surface area contributed by atoms with E-state index in [2.05, 4.69) is 66.7 Å². The first-order chi connectivity index (χ1) is 15.7. The van der Waals surface area contributed by atoms with Crippen molar-refractivity contribution in [3.8, 4) is 0 Å². The van der Waals surface area contributed by atoms with Crippen LogP contribution in [0.15, 0.2) is 23.8 Å². The molecule has 1 nitrogen and oxygen atoms in total. The van der Waals surface area contributed by atoms with Crippen LogP contribution in [0.4, 0.5) is 0 Å². The number of ether oxygens (including phenoxy) is 1. The zero-order valence-electron chi connectivity index (χ0n) is 23.0. The number of fused-ring (bicyclic) bond motifs is 5. The topological polar surface area (TPSA) is 9.23 Å². The van der Waals surface area contributed by atoms with Gasteiger partial charge < -0.3 is 4.74 Å². The molecule has 0 unspecified atom stereocenters. The molecule has 9 atom stereocenters. The molecule has 1 heteroatoms. The van der Waals surface area contributed by atoms with Crippen LogP contribution < -0.4 is 0 Å². The Labute approximate surface area is 206 Å². The Bertz CT molecular complexity index is 718. The van der Waals surface area contributed by atoms with Crippen molar-refractivity contribution in [3.05, 3.63) is 23.8 Å². The van der Waals surface area contributed by atoms with E-state index in [1.165, 1.54) is 57.8 Å². The van der Waals surface area contributed by atoms with Crippen LogP contribution >= 0.6 is 0 Å². The molecule has 0 bridgehead atoms. The Morgan fingerprint density at radius 3 is 2.48 bits per heavy atom. The fraction of sp³-hybridized carbons (Fsp3) is 0.875. The van der Waals surface area contributed by atoms with Crippen LogP contribution in [0.1, 0.15) is 113 Å². The lowest BCUT2D eigenvalue weighted by atomic mass is 9.47. The number of allylic oxidation sites excluding steroid dienone is 3. The molecule has 0 aromatic carbocycles. The van der Waals surface area contributed by atoms with Crippen molar-refractivity contribution in [2.75, 3.05) is 6.61 Å². The molecule has 0 spiro atoms. The summed E-state index contributed by atoms with van der Waals surface area (Å²) in [5, 5.41) is 0. The molecule has 4 rings (SSSR count). The third kappa shape index (κ3) is 4.66. The van der Waals surface area contributed by atoms with Crippen LogP contribution in [0, 0.1) is 52.3 Å². The van der Waals surface area contributed by atoms with Crippen molar-refractivity contribution in [2.45, 2.75) is 119 Å². The van der Waals surface area contributed by atoms with Gasteiger partial charge in [0.2, 0.25) is 0 Å². The molecular weight excluding hydrogens is 400 g/mol. The van der Waals surface area contributed by atoms with E-state index in [-0.39, 0.29) is 0 Å². The summed E-state index contributed by atoms with van der Waals surface area (Å²) < 4.78 is 6.20. The van der Waals surface area contributed by atoms with Crippen LogP contribution in [0.3, 0.4) is 0 Å². The number of hydrogen-bond acceptors (Lipinski definition) is 1. The first-order valence-electron chi connectivity index (χ1n) is 14.7. The van der Waals surface area contributed by atoms with E-state index in [4.69, 9.17) is 4.74 Å². The average Bonchev–Trinajstić information content (AvgIpc) is 3.15. The van der Waals surface area contributed by atoms with E-state index in [1.807, 2.05) is 0 Å². The summed E-state index contributed by atoms with van der Waals surface area (Å²) in [5.41, 5.74) is 2.77. The van der Waals surface area contributed by atoms with Crippen molar-refractivity contribution < 1.29 is 4.74 Å². The minimum Gasteiger partial charge on any atom is -0.378 e. The van der Waals surface area contributed by atoms with Gasteiger partial charge in [-0.1, -0.05) is 72.3 Å². The maximum Gasteiger partial charge on any atom is 0.0612 e. The molecule has 0 amide bonds. The molecule has 3 fully saturated rings. The summed E-state index contributed by atoms with van der Waals surface area (Å²) in [6, 6.07) is 0. The van der Waals surface area contributed by atoms with Crippen molar-refractivity contribution >= 4 is 0 Å².